The van der Waals surface area contributed by atoms with Gasteiger partial charge in [-0.2, -0.15) is 0 Å². The van der Waals surface area contributed by atoms with E-state index < -0.39 is 31.9 Å². The first-order valence-corrected chi connectivity index (χ1v) is 9.53. The molecule has 1 unspecified atom stereocenters. The van der Waals surface area contributed by atoms with Crippen molar-refractivity contribution in [2.45, 2.75) is 22.8 Å². The first-order valence-electron chi connectivity index (χ1n) is 6.50. The maximum atomic E-state index is 13.2. The fourth-order valence-corrected chi connectivity index (χ4v) is 3.73. The van der Waals surface area contributed by atoms with Gasteiger partial charge < -0.3 is 0 Å². The Morgan fingerprint density at radius 3 is 2.13 bits per heavy atom. The molecule has 0 bridgehead atoms. The van der Waals surface area contributed by atoms with Gasteiger partial charge in [0.25, 0.3) is 0 Å². The summed E-state index contributed by atoms with van der Waals surface area (Å²) in [4.78, 5) is -0.257. The Kier molecular flexibility index (Phi) is 4.85. The van der Waals surface area contributed by atoms with Crippen LogP contribution in [0.2, 0.25) is 0 Å². The van der Waals surface area contributed by atoms with Crippen LogP contribution in [0.3, 0.4) is 0 Å². The Morgan fingerprint density at radius 1 is 1.00 bits per heavy atom. The van der Waals surface area contributed by atoms with Crippen LogP contribution in [0, 0.1) is 5.82 Å². The first-order chi connectivity index (χ1) is 10.6. The number of nitrogens with one attached hydrogen (secondary N) is 1. The van der Waals surface area contributed by atoms with Gasteiger partial charge >= 0.3 is 0 Å². The lowest BCUT2D eigenvalue weighted by Crippen LogP contribution is -2.27. The van der Waals surface area contributed by atoms with Crippen molar-refractivity contribution in [1.29, 1.82) is 0 Å². The summed E-state index contributed by atoms with van der Waals surface area (Å²) >= 11 is 0. The van der Waals surface area contributed by atoms with Crippen LogP contribution in [0.15, 0.2) is 58.3 Å². The second-order valence-corrected chi connectivity index (χ2v) is 8.19. The van der Waals surface area contributed by atoms with Crippen LogP contribution < -0.4 is 9.86 Å². The number of hydrogen-bond acceptors (Lipinski definition) is 4. The minimum absolute atomic E-state index is 0.0681. The second kappa shape index (κ2) is 6.36. The summed E-state index contributed by atoms with van der Waals surface area (Å²) in [6.07, 6.45) is 0. The van der Waals surface area contributed by atoms with Gasteiger partial charge in [-0.25, -0.2) is 31.1 Å². The lowest BCUT2D eigenvalue weighted by Gasteiger charge is -2.15. The summed E-state index contributed by atoms with van der Waals surface area (Å²) < 4.78 is 62.3. The SMILES string of the molecule is CC(NS(=O)(=O)c1cccc(F)c1)c1ccc(S(N)(=O)=O)cc1. The maximum Gasteiger partial charge on any atom is 0.241 e. The number of sulfonamides is 2. The maximum absolute atomic E-state index is 13.2. The third-order valence-corrected chi connectivity index (χ3v) is 5.61. The van der Waals surface area contributed by atoms with Crippen molar-refractivity contribution in [3.63, 3.8) is 0 Å². The molecule has 0 fully saturated rings. The fraction of sp³-hybridized carbons (Fsp3) is 0.143. The number of nitrogens with two attached hydrogens (primary N) is 1. The molecule has 23 heavy (non-hydrogen) atoms. The molecule has 0 amide bonds. The Hall–Kier alpha value is -1.81. The van der Waals surface area contributed by atoms with E-state index in [0.29, 0.717) is 5.56 Å². The smallest absolute Gasteiger partial charge is 0.225 e. The predicted octanol–water partition coefficient (Wildman–Crippen LogP) is 1.51. The molecule has 0 aromatic heterocycles. The quantitative estimate of drug-likeness (QED) is 0.845. The topological polar surface area (TPSA) is 106 Å². The van der Waals surface area contributed by atoms with E-state index in [1.807, 2.05) is 0 Å². The van der Waals surface area contributed by atoms with Gasteiger partial charge in [-0.15, -0.1) is 0 Å². The Labute approximate surface area is 134 Å². The molecule has 0 heterocycles. The number of primary sulfonamides is 1. The van der Waals surface area contributed by atoms with Crippen LogP contribution in [-0.2, 0) is 20.0 Å². The molecule has 0 aliphatic rings. The molecular formula is C14H15FN2O4S2. The molecule has 0 saturated carbocycles. The van der Waals surface area contributed by atoms with E-state index in [-0.39, 0.29) is 9.79 Å². The largest absolute Gasteiger partial charge is 0.241 e. The highest BCUT2D eigenvalue weighted by Gasteiger charge is 2.19. The molecule has 6 nitrogen and oxygen atoms in total. The van der Waals surface area contributed by atoms with E-state index in [0.717, 1.165) is 12.1 Å². The molecule has 9 heteroatoms. The van der Waals surface area contributed by atoms with Crippen LogP contribution >= 0.6 is 0 Å². The van der Waals surface area contributed by atoms with Crippen LogP contribution in [0.5, 0.6) is 0 Å². The summed E-state index contributed by atoms with van der Waals surface area (Å²) in [6.45, 7) is 1.59. The normalized spacial score (nSPS) is 13.7. The van der Waals surface area contributed by atoms with Gasteiger partial charge in [0.1, 0.15) is 5.82 Å². The van der Waals surface area contributed by atoms with Crippen LogP contribution in [-0.4, -0.2) is 16.8 Å². The highest BCUT2D eigenvalue weighted by atomic mass is 32.2. The molecular weight excluding hydrogens is 343 g/mol. The van der Waals surface area contributed by atoms with E-state index in [1.165, 1.54) is 36.4 Å². The van der Waals surface area contributed by atoms with Crippen molar-refractivity contribution >= 4 is 20.0 Å². The van der Waals surface area contributed by atoms with E-state index in [4.69, 9.17) is 5.14 Å². The van der Waals surface area contributed by atoms with Crippen molar-refractivity contribution in [3.8, 4) is 0 Å². The Balaban J connectivity index is 2.23. The molecule has 0 aliphatic heterocycles. The van der Waals surface area contributed by atoms with Gasteiger partial charge in [-0.1, -0.05) is 18.2 Å². The molecule has 1 atom stereocenters. The van der Waals surface area contributed by atoms with Crippen molar-refractivity contribution in [2.75, 3.05) is 0 Å². The van der Waals surface area contributed by atoms with Gasteiger partial charge in [-0.3, -0.25) is 0 Å². The molecule has 0 radical (unpaired) electrons. The van der Waals surface area contributed by atoms with E-state index in [9.17, 15) is 21.2 Å². The Morgan fingerprint density at radius 2 is 1.61 bits per heavy atom. The molecule has 0 saturated heterocycles. The Bertz CT molecular complexity index is 910. The molecule has 3 N–H and O–H groups in total. The van der Waals surface area contributed by atoms with Crippen LogP contribution in [0.4, 0.5) is 4.39 Å². The second-order valence-electron chi connectivity index (χ2n) is 4.91. The van der Waals surface area contributed by atoms with Gasteiger partial charge in [0.15, 0.2) is 0 Å². The molecule has 2 aromatic carbocycles. The van der Waals surface area contributed by atoms with Crippen molar-refractivity contribution in [1.82, 2.24) is 4.72 Å². The van der Waals surface area contributed by atoms with Crippen molar-refractivity contribution < 1.29 is 21.2 Å². The molecule has 0 spiro atoms. The zero-order valence-electron chi connectivity index (χ0n) is 12.1. The van der Waals surface area contributed by atoms with Crippen molar-refractivity contribution in [3.05, 3.63) is 59.9 Å². The standard InChI is InChI=1S/C14H15FN2O4S2/c1-10(11-5-7-13(8-6-11)22(16,18)19)17-23(20,21)14-4-2-3-12(15)9-14/h2-10,17H,1H3,(H2,16,18,19). The third kappa shape index (κ3) is 4.35. The van der Waals surface area contributed by atoms with Crippen LogP contribution in [0.25, 0.3) is 0 Å². The van der Waals surface area contributed by atoms with Crippen LogP contribution in [0.1, 0.15) is 18.5 Å². The molecule has 0 aliphatic carbocycles. The summed E-state index contributed by atoms with van der Waals surface area (Å²) in [5.41, 5.74) is 0.539. The summed E-state index contributed by atoms with van der Waals surface area (Å²) in [5.74, 6) is -0.655. The summed E-state index contributed by atoms with van der Waals surface area (Å²) in [7, 11) is -7.71. The monoisotopic (exact) mass is 358 g/mol. The third-order valence-electron chi connectivity index (χ3n) is 3.15. The number of hydrogen-bond donors (Lipinski definition) is 2. The lowest BCUT2D eigenvalue weighted by molar-refractivity contribution is 0.563. The lowest BCUT2D eigenvalue weighted by atomic mass is 10.1. The van der Waals surface area contributed by atoms with E-state index >= 15 is 0 Å². The minimum atomic E-state index is -3.90. The van der Waals surface area contributed by atoms with Gasteiger partial charge in [0.2, 0.25) is 20.0 Å². The molecule has 2 aromatic rings. The zero-order valence-corrected chi connectivity index (χ0v) is 13.7. The zero-order chi connectivity index (χ0) is 17.3. The van der Waals surface area contributed by atoms with Crippen molar-refractivity contribution in [2.24, 2.45) is 5.14 Å². The minimum Gasteiger partial charge on any atom is -0.225 e. The van der Waals surface area contributed by atoms with E-state index in [2.05, 4.69) is 4.72 Å². The summed E-state index contributed by atoms with van der Waals surface area (Å²) in [5, 5.41) is 5.00. The summed E-state index contributed by atoms with van der Waals surface area (Å²) in [6, 6.07) is 9.50. The highest BCUT2D eigenvalue weighted by molar-refractivity contribution is 7.89. The van der Waals surface area contributed by atoms with Gasteiger partial charge in [-0.05, 0) is 42.8 Å². The fourth-order valence-electron chi connectivity index (χ4n) is 1.95. The van der Waals surface area contributed by atoms with Gasteiger partial charge in [0, 0.05) is 6.04 Å². The van der Waals surface area contributed by atoms with Gasteiger partial charge in [0.05, 0.1) is 9.79 Å². The predicted molar refractivity (Wildman–Crippen MR) is 83.0 cm³/mol. The number of benzene rings is 2. The average molecular weight is 358 g/mol. The number of halogens is 1. The number of rotatable bonds is 5. The molecule has 124 valence electrons. The highest BCUT2D eigenvalue weighted by Crippen LogP contribution is 2.19. The molecule has 2 rings (SSSR count). The average Bonchev–Trinajstić information content (AvgIpc) is 2.46. The van der Waals surface area contributed by atoms with E-state index in [1.54, 1.807) is 6.92 Å². The first kappa shape index (κ1) is 17.5.